The lowest BCUT2D eigenvalue weighted by Crippen LogP contribution is -2.42. The van der Waals surface area contributed by atoms with Crippen molar-refractivity contribution in [3.63, 3.8) is 0 Å². The quantitative estimate of drug-likeness (QED) is 0.627. The van der Waals surface area contributed by atoms with Gasteiger partial charge in [0.15, 0.2) is 5.82 Å². The number of amides is 2. The molecule has 1 aliphatic heterocycles. The molecular formula is C22H25N5O4. The number of nitrogens with one attached hydrogen (secondary N) is 2. The summed E-state index contributed by atoms with van der Waals surface area (Å²) in [5, 5.41) is 10.3. The Balaban J connectivity index is 1.59. The zero-order chi connectivity index (χ0) is 22.0. The lowest BCUT2D eigenvalue weighted by Gasteiger charge is -2.17. The number of furan rings is 1. The van der Waals surface area contributed by atoms with E-state index in [2.05, 4.69) is 20.5 Å². The van der Waals surface area contributed by atoms with E-state index in [9.17, 15) is 9.59 Å². The summed E-state index contributed by atoms with van der Waals surface area (Å²) in [5.41, 5.74) is 1.42. The van der Waals surface area contributed by atoms with Crippen LogP contribution in [0.2, 0.25) is 0 Å². The van der Waals surface area contributed by atoms with Crippen molar-refractivity contribution in [1.29, 1.82) is 0 Å². The Kier molecular flexibility index (Phi) is 5.85. The Morgan fingerprint density at radius 2 is 2.03 bits per heavy atom. The first-order chi connectivity index (χ1) is 15.0. The molecule has 0 radical (unpaired) electrons. The third kappa shape index (κ3) is 4.36. The van der Waals surface area contributed by atoms with Gasteiger partial charge in [-0.05, 0) is 19.9 Å². The topological polar surface area (TPSA) is 113 Å². The van der Waals surface area contributed by atoms with E-state index < -0.39 is 0 Å². The number of methoxy groups -OCH3 is 1. The smallest absolute Gasteiger partial charge is 0.257 e. The van der Waals surface area contributed by atoms with Gasteiger partial charge >= 0.3 is 0 Å². The van der Waals surface area contributed by atoms with Gasteiger partial charge in [0.25, 0.3) is 5.91 Å². The van der Waals surface area contributed by atoms with Crippen LogP contribution in [0.15, 0.2) is 40.8 Å². The molecule has 0 unspecified atom stereocenters. The van der Waals surface area contributed by atoms with E-state index in [1.54, 1.807) is 17.9 Å². The maximum absolute atomic E-state index is 13.1. The Morgan fingerprint density at radius 3 is 2.71 bits per heavy atom. The van der Waals surface area contributed by atoms with Crippen LogP contribution in [-0.2, 0) is 9.53 Å². The third-order valence-corrected chi connectivity index (χ3v) is 5.39. The number of aromatic nitrogens is 3. The van der Waals surface area contributed by atoms with Crippen molar-refractivity contribution in [2.24, 2.45) is 0 Å². The van der Waals surface area contributed by atoms with Gasteiger partial charge in [0.2, 0.25) is 5.91 Å². The van der Waals surface area contributed by atoms with Gasteiger partial charge in [0.1, 0.15) is 24.0 Å². The van der Waals surface area contributed by atoms with E-state index in [1.165, 1.54) is 7.11 Å². The molecule has 0 spiro atoms. The predicted molar refractivity (Wildman–Crippen MR) is 112 cm³/mol. The average molecular weight is 423 g/mol. The molecule has 0 aliphatic carbocycles. The highest BCUT2D eigenvalue weighted by atomic mass is 16.5. The van der Waals surface area contributed by atoms with Crippen molar-refractivity contribution in [1.82, 2.24) is 25.4 Å². The van der Waals surface area contributed by atoms with Crippen molar-refractivity contribution in [3.8, 4) is 11.4 Å². The van der Waals surface area contributed by atoms with Crippen LogP contribution in [0.5, 0.6) is 0 Å². The monoisotopic (exact) mass is 423 g/mol. The van der Waals surface area contributed by atoms with Gasteiger partial charge in [-0.2, -0.15) is 5.10 Å². The first-order valence-corrected chi connectivity index (χ1v) is 10.1. The number of hydrogen-bond acceptors (Lipinski definition) is 6. The number of carbonyl (C=O) groups excluding carboxylic acids is 2. The largest absolute Gasteiger partial charge is 0.466 e. The summed E-state index contributed by atoms with van der Waals surface area (Å²) in [5.74, 6) is 1.85. The first kappa shape index (κ1) is 20.8. The highest BCUT2D eigenvalue weighted by Crippen LogP contribution is 2.29. The number of H-pyrrole nitrogens is 1. The summed E-state index contributed by atoms with van der Waals surface area (Å²) < 4.78 is 10.5. The molecule has 4 rings (SSSR count). The lowest BCUT2D eigenvalue weighted by atomic mass is 10.0. The van der Waals surface area contributed by atoms with Crippen molar-refractivity contribution < 1.29 is 18.7 Å². The van der Waals surface area contributed by atoms with E-state index in [-0.39, 0.29) is 30.4 Å². The molecule has 0 bridgehead atoms. The molecule has 1 aliphatic rings. The molecule has 2 N–H and O–H groups in total. The van der Waals surface area contributed by atoms with Crippen molar-refractivity contribution in [2.75, 3.05) is 26.8 Å². The lowest BCUT2D eigenvalue weighted by molar-refractivity contribution is -0.125. The number of carbonyl (C=O) groups is 2. The van der Waals surface area contributed by atoms with E-state index in [4.69, 9.17) is 9.15 Å². The summed E-state index contributed by atoms with van der Waals surface area (Å²) in [6, 6.07) is 11.0. The van der Waals surface area contributed by atoms with Gasteiger partial charge in [-0.1, -0.05) is 30.3 Å². The summed E-state index contributed by atoms with van der Waals surface area (Å²) in [6.07, 6.45) is 0. The van der Waals surface area contributed by atoms with Crippen molar-refractivity contribution in [2.45, 2.75) is 25.8 Å². The third-order valence-electron chi connectivity index (χ3n) is 5.39. The zero-order valence-corrected chi connectivity index (χ0v) is 17.7. The van der Waals surface area contributed by atoms with Gasteiger partial charge in [0.05, 0.1) is 17.5 Å². The van der Waals surface area contributed by atoms with Gasteiger partial charge < -0.3 is 19.4 Å². The van der Waals surface area contributed by atoms with Crippen LogP contribution in [0.3, 0.4) is 0 Å². The molecule has 3 heterocycles. The summed E-state index contributed by atoms with van der Waals surface area (Å²) in [6.45, 7) is 4.27. The normalized spacial score (nSPS) is 18.4. The maximum Gasteiger partial charge on any atom is 0.257 e. The molecule has 3 aromatic rings. The molecule has 9 heteroatoms. The van der Waals surface area contributed by atoms with Crippen LogP contribution in [-0.4, -0.2) is 64.7 Å². The van der Waals surface area contributed by atoms with Gasteiger partial charge in [-0.25, -0.2) is 4.98 Å². The second-order valence-electron chi connectivity index (χ2n) is 7.66. The van der Waals surface area contributed by atoms with E-state index >= 15 is 0 Å². The number of aryl methyl sites for hydroxylation is 2. The van der Waals surface area contributed by atoms with Gasteiger partial charge in [-0.3, -0.25) is 14.7 Å². The molecule has 2 amide bonds. The molecule has 2 atom stereocenters. The van der Waals surface area contributed by atoms with E-state index in [0.29, 0.717) is 41.8 Å². The Labute approximate surface area is 179 Å². The number of hydrogen-bond donors (Lipinski definition) is 2. The van der Waals surface area contributed by atoms with Gasteiger partial charge in [0, 0.05) is 25.8 Å². The fraction of sp³-hybridized carbons (Fsp3) is 0.364. The summed E-state index contributed by atoms with van der Waals surface area (Å²) in [4.78, 5) is 31.7. The van der Waals surface area contributed by atoms with E-state index in [1.807, 2.05) is 37.3 Å². The number of rotatable bonds is 6. The van der Waals surface area contributed by atoms with Crippen molar-refractivity contribution in [3.05, 3.63) is 59.3 Å². The van der Waals surface area contributed by atoms with Crippen LogP contribution >= 0.6 is 0 Å². The van der Waals surface area contributed by atoms with Crippen LogP contribution in [0.4, 0.5) is 0 Å². The molecule has 162 valence electrons. The molecule has 1 fully saturated rings. The molecular weight excluding hydrogens is 398 g/mol. The van der Waals surface area contributed by atoms with Crippen LogP contribution < -0.4 is 5.32 Å². The standard InChI is InChI=1S/C22H25N5O4/c1-13-9-16(14(2)31-13)22(29)27-10-17(18(11-27)23-19(28)12-30-3)21-24-20(25-26-21)15-7-5-4-6-8-15/h4-9,17-18H,10-12H2,1-3H3,(H,23,28)(H,24,25,26)/t17-,18-/m1/s1. The van der Waals surface area contributed by atoms with E-state index in [0.717, 1.165) is 5.56 Å². The highest BCUT2D eigenvalue weighted by Gasteiger charge is 2.40. The average Bonchev–Trinajstić information content (AvgIpc) is 3.47. The molecule has 1 aromatic carbocycles. The summed E-state index contributed by atoms with van der Waals surface area (Å²) >= 11 is 0. The molecule has 31 heavy (non-hydrogen) atoms. The van der Waals surface area contributed by atoms with Crippen LogP contribution in [0, 0.1) is 13.8 Å². The number of ether oxygens (including phenoxy) is 1. The maximum atomic E-state index is 13.1. The predicted octanol–water partition coefficient (Wildman–Crippen LogP) is 2.05. The first-order valence-electron chi connectivity index (χ1n) is 10.1. The van der Waals surface area contributed by atoms with Crippen LogP contribution in [0.1, 0.15) is 33.6 Å². The molecule has 2 aromatic heterocycles. The Morgan fingerprint density at radius 1 is 1.26 bits per heavy atom. The fourth-order valence-corrected chi connectivity index (χ4v) is 3.94. The molecule has 0 saturated carbocycles. The zero-order valence-electron chi connectivity index (χ0n) is 17.7. The second-order valence-corrected chi connectivity index (χ2v) is 7.66. The summed E-state index contributed by atoms with van der Waals surface area (Å²) in [7, 11) is 1.47. The Hall–Kier alpha value is -3.46. The highest BCUT2D eigenvalue weighted by molar-refractivity contribution is 5.95. The molecule has 1 saturated heterocycles. The minimum Gasteiger partial charge on any atom is -0.466 e. The number of aromatic amines is 1. The minimum absolute atomic E-state index is 0.0527. The Bertz CT molecular complexity index is 1070. The van der Waals surface area contributed by atoms with Crippen molar-refractivity contribution >= 4 is 11.8 Å². The number of benzene rings is 1. The number of likely N-dealkylation sites (tertiary alicyclic amines) is 1. The number of nitrogens with zero attached hydrogens (tertiary/aromatic N) is 3. The minimum atomic E-state index is -0.323. The molecule has 9 nitrogen and oxygen atoms in total. The second kappa shape index (κ2) is 8.73. The van der Waals surface area contributed by atoms with Crippen LogP contribution in [0.25, 0.3) is 11.4 Å². The fourth-order valence-electron chi connectivity index (χ4n) is 3.94. The van der Waals surface area contributed by atoms with Gasteiger partial charge in [-0.15, -0.1) is 0 Å². The SMILES string of the molecule is COCC(=O)N[C@@H]1CN(C(=O)c2cc(C)oc2C)C[C@H]1c1nc(-c2ccccc2)n[nH]1.